The Balaban J connectivity index is 2.09. The Morgan fingerprint density at radius 2 is 1.71 bits per heavy atom. The summed E-state index contributed by atoms with van der Waals surface area (Å²) < 4.78 is 26.6. The molecule has 0 aromatic heterocycles. The summed E-state index contributed by atoms with van der Waals surface area (Å²) in [7, 11) is 2.17. The fourth-order valence-electron chi connectivity index (χ4n) is 2.85. The zero-order chi connectivity index (χ0) is 17.8. The predicted octanol–water partition coefficient (Wildman–Crippen LogP) is 1.76. The second-order valence-electron chi connectivity index (χ2n) is 6.09. The van der Waals surface area contributed by atoms with Gasteiger partial charge >= 0.3 is 14.8 Å². The van der Waals surface area contributed by atoms with Gasteiger partial charge in [-0.25, -0.2) is 0 Å². The van der Waals surface area contributed by atoms with Crippen LogP contribution in [0.5, 0.6) is 0 Å². The summed E-state index contributed by atoms with van der Waals surface area (Å²) in [5.41, 5.74) is 0. The third-order valence-corrected chi connectivity index (χ3v) is 7.20. The molecule has 0 aromatic carbocycles. The number of aliphatic hydroxyl groups excluding tert-OH is 1. The van der Waals surface area contributed by atoms with Gasteiger partial charge in [-0.3, -0.25) is 4.79 Å². The first-order valence-corrected chi connectivity index (χ1v) is 10.6. The van der Waals surface area contributed by atoms with Crippen molar-refractivity contribution in [1.29, 1.82) is 0 Å². The summed E-state index contributed by atoms with van der Waals surface area (Å²) in [6.07, 6.45) is 5.06. The van der Waals surface area contributed by atoms with Crippen LogP contribution < -0.4 is 0 Å². The van der Waals surface area contributed by atoms with Gasteiger partial charge < -0.3 is 27.9 Å². The van der Waals surface area contributed by atoms with Crippen molar-refractivity contribution < 1.29 is 32.7 Å². The number of carbonyl (C=O) groups excluding carboxylic acids is 1. The van der Waals surface area contributed by atoms with Crippen LogP contribution in [0.3, 0.4) is 0 Å². The van der Waals surface area contributed by atoms with Crippen LogP contribution >= 0.6 is 0 Å². The smallest absolute Gasteiger partial charge is 0.463 e. The SMILES string of the molecule is CO[Si](CCCOCC(O)COC(=O)C1CCCCC1)(OC)OC. The molecule has 0 saturated heterocycles. The van der Waals surface area contributed by atoms with Crippen LogP contribution in [0.4, 0.5) is 0 Å². The van der Waals surface area contributed by atoms with E-state index in [0.717, 1.165) is 25.7 Å². The average molecular weight is 365 g/mol. The number of carbonyl (C=O) groups is 1. The van der Waals surface area contributed by atoms with Crippen molar-refractivity contribution in [3.05, 3.63) is 0 Å². The molecule has 1 aliphatic carbocycles. The standard InChI is InChI=1S/C16H32O7Si/c1-19-24(20-2,21-3)11-7-10-22-12-15(17)13-23-16(18)14-8-5-4-6-9-14/h14-15,17H,4-13H2,1-3H3. The third kappa shape index (κ3) is 7.58. The van der Waals surface area contributed by atoms with Crippen LogP contribution in [0.25, 0.3) is 0 Å². The maximum atomic E-state index is 11.9. The lowest BCUT2D eigenvalue weighted by Gasteiger charge is -2.24. The van der Waals surface area contributed by atoms with E-state index in [0.29, 0.717) is 19.1 Å². The molecule has 1 N–H and O–H groups in total. The van der Waals surface area contributed by atoms with Crippen LogP contribution in [0, 0.1) is 5.92 Å². The maximum Gasteiger partial charge on any atom is 0.500 e. The van der Waals surface area contributed by atoms with E-state index in [1.165, 1.54) is 6.42 Å². The minimum Gasteiger partial charge on any atom is -0.463 e. The molecule has 0 bridgehead atoms. The lowest BCUT2D eigenvalue weighted by molar-refractivity contribution is -0.153. The molecule has 0 aromatic rings. The molecule has 0 aliphatic heterocycles. The summed E-state index contributed by atoms with van der Waals surface area (Å²) in [5, 5.41) is 9.83. The third-order valence-electron chi connectivity index (χ3n) is 4.37. The molecule has 24 heavy (non-hydrogen) atoms. The van der Waals surface area contributed by atoms with Gasteiger partial charge in [0.15, 0.2) is 0 Å². The molecule has 0 radical (unpaired) electrons. The fraction of sp³-hybridized carbons (Fsp3) is 0.938. The molecule has 1 aliphatic rings. The first-order chi connectivity index (χ1) is 11.6. The molecule has 1 fully saturated rings. The van der Waals surface area contributed by atoms with Crippen molar-refractivity contribution >= 4 is 14.8 Å². The average Bonchev–Trinajstić information content (AvgIpc) is 2.64. The van der Waals surface area contributed by atoms with E-state index in [1.54, 1.807) is 21.3 Å². The van der Waals surface area contributed by atoms with Crippen LogP contribution in [0.1, 0.15) is 38.5 Å². The quantitative estimate of drug-likeness (QED) is 0.321. The van der Waals surface area contributed by atoms with Crippen molar-refractivity contribution in [2.45, 2.75) is 50.7 Å². The van der Waals surface area contributed by atoms with Crippen molar-refractivity contribution in [1.82, 2.24) is 0 Å². The monoisotopic (exact) mass is 364 g/mol. The van der Waals surface area contributed by atoms with Gasteiger partial charge in [0, 0.05) is 34.0 Å². The molecule has 1 saturated carbocycles. The Morgan fingerprint density at radius 1 is 1.08 bits per heavy atom. The Bertz CT molecular complexity index is 335. The van der Waals surface area contributed by atoms with Gasteiger partial charge in [0.2, 0.25) is 0 Å². The van der Waals surface area contributed by atoms with Crippen molar-refractivity contribution in [3.63, 3.8) is 0 Å². The Labute approximate surface area is 145 Å². The normalized spacial score (nSPS) is 17.7. The van der Waals surface area contributed by atoms with Gasteiger partial charge in [-0.15, -0.1) is 0 Å². The molecule has 0 heterocycles. The second-order valence-corrected chi connectivity index (χ2v) is 9.18. The van der Waals surface area contributed by atoms with Crippen LogP contribution in [0.15, 0.2) is 0 Å². The van der Waals surface area contributed by atoms with Gasteiger partial charge in [-0.2, -0.15) is 0 Å². The minimum absolute atomic E-state index is 0.00193. The van der Waals surface area contributed by atoms with Crippen molar-refractivity contribution in [3.8, 4) is 0 Å². The van der Waals surface area contributed by atoms with E-state index in [-0.39, 0.29) is 25.1 Å². The van der Waals surface area contributed by atoms with Gasteiger partial charge in [-0.1, -0.05) is 19.3 Å². The zero-order valence-corrected chi connectivity index (χ0v) is 16.1. The van der Waals surface area contributed by atoms with E-state index in [4.69, 9.17) is 22.8 Å². The molecule has 0 spiro atoms. The molecule has 142 valence electrons. The number of hydrogen-bond acceptors (Lipinski definition) is 7. The topological polar surface area (TPSA) is 83.5 Å². The van der Waals surface area contributed by atoms with Gasteiger partial charge in [0.05, 0.1) is 12.5 Å². The molecule has 0 amide bonds. The van der Waals surface area contributed by atoms with Crippen LogP contribution in [-0.4, -0.2) is 67.1 Å². The van der Waals surface area contributed by atoms with E-state index in [2.05, 4.69) is 0 Å². The van der Waals surface area contributed by atoms with Gasteiger partial charge in [0.1, 0.15) is 12.7 Å². The van der Waals surface area contributed by atoms with E-state index in [9.17, 15) is 9.90 Å². The second kappa shape index (κ2) is 11.9. The summed E-state index contributed by atoms with van der Waals surface area (Å²) in [4.78, 5) is 11.9. The molecule has 1 unspecified atom stereocenters. The number of ether oxygens (including phenoxy) is 2. The van der Waals surface area contributed by atoms with Gasteiger partial charge in [-0.05, 0) is 19.3 Å². The first kappa shape index (κ1) is 21.5. The summed E-state index contributed by atoms with van der Waals surface area (Å²) in [6.45, 7) is 0.583. The van der Waals surface area contributed by atoms with E-state index in [1.807, 2.05) is 0 Å². The maximum absolute atomic E-state index is 11.9. The highest BCUT2D eigenvalue weighted by atomic mass is 28.4. The number of esters is 1. The molecule has 1 rings (SSSR count). The lowest BCUT2D eigenvalue weighted by Crippen LogP contribution is -2.42. The van der Waals surface area contributed by atoms with Crippen LogP contribution in [0.2, 0.25) is 6.04 Å². The highest BCUT2D eigenvalue weighted by Gasteiger charge is 2.36. The highest BCUT2D eigenvalue weighted by Crippen LogP contribution is 2.24. The van der Waals surface area contributed by atoms with Crippen LogP contribution in [-0.2, 0) is 27.5 Å². The molecule has 8 heteroatoms. The number of hydrogen-bond donors (Lipinski definition) is 1. The van der Waals surface area contributed by atoms with Crippen molar-refractivity contribution in [2.75, 3.05) is 41.2 Å². The van der Waals surface area contributed by atoms with E-state index >= 15 is 0 Å². The lowest BCUT2D eigenvalue weighted by atomic mass is 9.89. The molecule has 1 atom stereocenters. The Morgan fingerprint density at radius 3 is 2.29 bits per heavy atom. The number of aliphatic hydroxyl groups is 1. The highest BCUT2D eigenvalue weighted by molar-refractivity contribution is 6.60. The number of rotatable bonds is 12. The molecule has 7 nitrogen and oxygen atoms in total. The first-order valence-electron chi connectivity index (χ1n) is 8.64. The molecular weight excluding hydrogens is 332 g/mol. The Hall–Kier alpha value is -0.513. The van der Waals surface area contributed by atoms with Gasteiger partial charge in [0.25, 0.3) is 0 Å². The summed E-state index contributed by atoms with van der Waals surface area (Å²) >= 11 is 0. The largest absolute Gasteiger partial charge is 0.500 e. The van der Waals surface area contributed by atoms with Crippen molar-refractivity contribution in [2.24, 2.45) is 5.92 Å². The predicted molar refractivity (Wildman–Crippen MR) is 90.6 cm³/mol. The Kier molecular flexibility index (Phi) is 10.7. The minimum atomic E-state index is -2.56. The summed E-state index contributed by atoms with van der Waals surface area (Å²) in [6, 6.07) is 0.642. The molecular formula is C16H32O7Si. The zero-order valence-electron chi connectivity index (χ0n) is 15.1. The summed E-state index contributed by atoms with van der Waals surface area (Å²) in [5.74, 6) is -0.188. The van der Waals surface area contributed by atoms with E-state index < -0.39 is 14.9 Å². The fourth-order valence-corrected chi connectivity index (χ4v) is 4.54.